The van der Waals surface area contributed by atoms with Crippen LogP contribution in [0, 0.1) is 0 Å². The third-order valence-corrected chi connectivity index (χ3v) is 6.36. The fourth-order valence-electron chi connectivity index (χ4n) is 3.31. The van der Waals surface area contributed by atoms with E-state index in [1.54, 1.807) is 33.1 Å². The van der Waals surface area contributed by atoms with Crippen molar-refractivity contribution in [3.8, 4) is 5.75 Å². The highest BCUT2D eigenvalue weighted by atomic mass is 32.2. The van der Waals surface area contributed by atoms with Crippen LogP contribution in [0.3, 0.4) is 0 Å². The Hall–Kier alpha value is -3.10. The van der Waals surface area contributed by atoms with E-state index in [9.17, 15) is 13.2 Å². The van der Waals surface area contributed by atoms with E-state index in [-0.39, 0.29) is 17.8 Å². The van der Waals surface area contributed by atoms with Gasteiger partial charge in [-0.1, -0.05) is 42.5 Å². The maximum absolute atomic E-state index is 12.2. The molecule has 32 heavy (non-hydrogen) atoms. The number of urea groups is 1. The maximum Gasteiger partial charge on any atom is 0.315 e. The molecule has 0 spiro atoms. The lowest BCUT2D eigenvalue weighted by Crippen LogP contribution is -2.34. The standard InChI is InChI=1S/C24H29N3O4S/c1-17(2)27-32(29,30)16-19-6-4-18(5-7-19)14-25-24(28)26-15-20-8-9-22-13-23(31-3)11-10-21(22)12-20/h4-13,17,27H,14-16H2,1-3H3,(H2,25,26,28). The molecule has 0 saturated heterocycles. The summed E-state index contributed by atoms with van der Waals surface area (Å²) in [5.41, 5.74) is 2.58. The van der Waals surface area contributed by atoms with Crippen molar-refractivity contribution in [2.24, 2.45) is 0 Å². The van der Waals surface area contributed by atoms with E-state index in [4.69, 9.17) is 4.74 Å². The Morgan fingerprint density at radius 3 is 2.06 bits per heavy atom. The number of hydrogen-bond acceptors (Lipinski definition) is 4. The first-order valence-electron chi connectivity index (χ1n) is 10.4. The van der Waals surface area contributed by atoms with Crippen molar-refractivity contribution < 1.29 is 17.9 Å². The Morgan fingerprint density at radius 1 is 0.844 bits per heavy atom. The number of carbonyl (C=O) groups excluding carboxylic acids is 1. The summed E-state index contributed by atoms with van der Waals surface area (Å²) in [6.07, 6.45) is 0. The van der Waals surface area contributed by atoms with Gasteiger partial charge in [-0.15, -0.1) is 0 Å². The number of hydrogen-bond donors (Lipinski definition) is 3. The first-order valence-corrected chi connectivity index (χ1v) is 12.1. The Labute approximate surface area is 189 Å². The summed E-state index contributed by atoms with van der Waals surface area (Å²) >= 11 is 0. The molecule has 0 heterocycles. The molecule has 0 aliphatic heterocycles. The zero-order chi connectivity index (χ0) is 23.1. The van der Waals surface area contributed by atoms with Crippen LogP contribution in [0.15, 0.2) is 60.7 Å². The monoisotopic (exact) mass is 455 g/mol. The van der Waals surface area contributed by atoms with Crippen LogP contribution in [0.4, 0.5) is 4.79 Å². The highest BCUT2D eigenvalue weighted by Gasteiger charge is 2.12. The zero-order valence-electron chi connectivity index (χ0n) is 18.5. The molecule has 3 aromatic carbocycles. The molecule has 2 amide bonds. The van der Waals surface area contributed by atoms with Gasteiger partial charge in [0, 0.05) is 19.1 Å². The maximum atomic E-state index is 12.2. The number of benzene rings is 3. The van der Waals surface area contributed by atoms with E-state index in [0.29, 0.717) is 18.7 Å². The molecule has 0 saturated carbocycles. The van der Waals surface area contributed by atoms with Gasteiger partial charge in [-0.25, -0.2) is 17.9 Å². The Balaban J connectivity index is 1.48. The quantitative estimate of drug-likeness (QED) is 0.459. The molecule has 170 valence electrons. The molecule has 3 N–H and O–H groups in total. The van der Waals surface area contributed by atoms with E-state index < -0.39 is 10.0 Å². The smallest absolute Gasteiger partial charge is 0.315 e. The minimum atomic E-state index is -3.36. The summed E-state index contributed by atoms with van der Waals surface area (Å²) in [5.74, 6) is 0.738. The van der Waals surface area contributed by atoms with Gasteiger partial charge in [0.2, 0.25) is 10.0 Å². The summed E-state index contributed by atoms with van der Waals surface area (Å²) in [4.78, 5) is 12.2. The van der Waals surface area contributed by atoms with Crippen LogP contribution >= 0.6 is 0 Å². The van der Waals surface area contributed by atoms with E-state index >= 15 is 0 Å². The molecule has 8 heteroatoms. The normalized spacial score (nSPS) is 11.5. The van der Waals surface area contributed by atoms with Gasteiger partial charge >= 0.3 is 6.03 Å². The zero-order valence-corrected chi connectivity index (χ0v) is 19.3. The summed E-state index contributed by atoms with van der Waals surface area (Å²) in [7, 11) is -1.72. The Bertz CT molecular complexity index is 1180. The molecule has 0 atom stereocenters. The lowest BCUT2D eigenvalue weighted by atomic mass is 10.1. The van der Waals surface area contributed by atoms with Gasteiger partial charge in [0.15, 0.2) is 0 Å². The predicted molar refractivity (Wildman–Crippen MR) is 127 cm³/mol. The highest BCUT2D eigenvalue weighted by Crippen LogP contribution is 2.21. The van der Waals surface area contributed by atoms with E-state index in [0.717, 1.165) is 27.6 Å². The van der Waals surface area contributed by atoms with Gasteiger partial charge in [0.05, 0.1) is 12.9 Å². The number of carbonyl (C=O) groups is 1. The highest BCUT2D eigenvalue weighted by molar-refractivity contribution is 7.88. The van der Waals surface area contributed by atoms with Crippen LogP contribution in [0.2, 0.25) is 0 Å². The van der Waals surface area contributed by atoms with Crippen LogP contribution in [0.5, 0.6) is 5.75 Å². The molecule has 3 rings (SSSR count). The van der Waals surface area contributed by atoms with E-state index in [1.165, 1.54) is 0 Å². The summed E-state index contributed by atoms with van der Waals surface area (Å²) in [5, 5.41) is 7.83. The summed E-state index contributed by atoms with van der Waals surface area (Å²) < 4.78 is 31.8. The molecule has 0 unspecified atom stereocenters. The van der Waals surface area contributed by atoms with Crippen LogP contribution in [-0.2, 0) is 28.9 Å². The first kappa shape index (κ1) is 23.6. The van der Waals surface area contributed by atoms with Crippen molar-refractivity contribution >= 4 is 26.8 Å². The van der Waals surface area contributed by atoms with Gasteiger partial charge in [-0.05, 0) is 59.5 Å². The topological polar surface area (TPSA) is 96.5 Å². The third-order valence-electron chi connectivity index (χ3n) is 4.81. The summed E-state index contributed by atoms with van der Waals surface area (Å²) in [6.45, 7) is 4.33. The predicted octanol–water partition coefficient (Wildman–Crippen LogP) is 3.68. The van der Waals surface area contributed by atoms with Gasteiger partial charge < -0.3 is 15.4 Å². The van der Waals surface area contributed by atoms with Crippen LogP contribution in [-0.4, -0.2) is 27.6 Å². The molecule has 0 aromatic heterocycles. The Morgan fingerprint density at radius 2 is 1.41 bits per heavy atom. The molecule has 0 fully saturated rings. The van der Waals surface area contributed by atoms with Gasteiger partial charge in [0.1, 0.15) is 5.75 Å². The lowest BCUT2D eigenvalue weighted by molar-refractivity contribution is 0.240. The lowest BCUT2D eigenvalue weighted by Gasteiger charge is -2.11. The second-order valence-electron chi connectivity index (χ2n) is 7.93. The molecule has 0 bridgehead atoms. The van der Waals surface area contributed by atoms with Crippen LogP contribution < -0.4 is 20.1 Å². The average molecular weight is 456 g/mol. The van der Waals surface area contributed by atoms with Crippen LogP contribution in [0.25, 0.3) is 10.8 Å². The fourth-order valence-corrected chi connectivity index (χ4v) is 4.74. The number of ether oxygens (including phenoxy) is 1. The third kappa shape index (κ3) is 6.96. The van der Waals surface area contributed by atoms with E-state index in [2.05, 4.69) is 15.4 Å². The second-order valence-corrected chi connectivity index (χ2v) is 9.69. The first-order chi connectivity index (χ1) is 15.2. The van der Waals surface area contributed by atoms with Gasteiger partial charge in [0.25, 0.3) is 0 Å². The molecular weight excluding hydrogens is 426 g/mol. The number of rotatable bonds is 9. The van der Waals surface area contributed by atoms with Gasteiger partial charge in [-0.2, -0.15) is 0 Å². The SMILES string of the molecule is COc1ccc2cc(CNC(=O)NCc3ccc(CS(=O)(=O)NC(C)C)cc3)ccc2c1. The molecule has 0 radical (unpaired) electrons. The molecule has 3 aromatic rings. The minimum Gasteiger partial charge on any atom is -0.497 e. The number of methoxy groups -OCH3 is 1. The van der Waals surface area contributed by atoms with E-state index in [1.807, 2.05) is 48.5 Å². The number of sulfonamides is 1. The largest absolute Gasteiger partial charge is 0.497 e. The number of nitrogens with one attached hydrogen (secondary N) is 3. The molecular formula is C24H29N3O4S. The van der Waals surface area contributed by atoms with Crippen molar-refractivity contribution in [1.82, 2.24) is 15.4 Å². The number of amides is 2. The number of fused-ring (bicyclic) bond motifs is 1. The summed E-state index contributed by atoms with van der Waals surface area (Å²) in [6, 6.07) is 18.6. The van der Waals surface area contributed by atoms with Crippen molar-refractivity contribution in [1.29, 1.82) is 0 Å². The molecule has 7 nitrogen and oxygen atoms in total. The van der Waals surface area contributed by atoms with Crippen molar-refractivity contribution in [2.75, 3.05) is 7.11 Å². The minimum absolute atomic E-state index is 0.0715. The van der Waals surface area contributed by atoms with Gasteiger partial charge in [-0.3, -0.25) is 0 Å². The molecule has 0 aliphatic carbocycles. The second kappa shape index (κ2) is 10.5. The van der Waals surface area contributed by atoms with Crippen molar-refractivity contribution in [2.45, 2.75) is 38.7 Å². The Kier molecular flexibility index (Phi) is 7.71. The average Bonchev–Trinajstić information content (AvgIpc) is 2.75. The van der Waals surface area contributed by atoms with Crippen molar-refractivity contribution in [3.05, 3.63) is 77.4 Å². The van der Waals surface area contributed by atoms with Crippen LogP contribution in [0.1, 0.15) is 30.5 Å². The van der Waals surface area contributed by atoms with Crippen molar-refractivity contribution in [3.63, 3.8) is 0 Å². The molecule has 0 aliphatic rings. The fraction of sp³-hybridized carbons (Fsp3) is 0.292.